The van der Waals surface area contributed by atoms with Crippen LogP contribution < -0.4 is 14.2 Å². The summed E-state index contributed by atoms with van der Waals surface area (Å²) in [6.07, 6.45) is -0.0630. The Morgan fingerprint density at radius 2 is 1.37 bits per heavy atom. The Labute approximate surface area is 220 Å². The van der Waals surface area contributed by atoms with Crippen LogP contribution in [0.5, 0.6) is 23.0 Å². The molecule has 200 valence electrons. The van der Waals surface area contributed by atoms with E-state index >= 15 is 0 Å². The van der Waals surface area contributed by atoms with Gasteiger partial charge in [-0.15, -0.1) is 13.2 Å². The highest BCUT2D eigenvalue weighted by Gasteiger charge is 2.31. The van der Waals surface area contributed by atoms with Crippen LogP contribution >= 0.6 is 0 Å². The lowest BCUT2D eigenvalue weighted by Crippen LogP contribution is -2.25. The summed E-state index contributed by atoms with van der Waals surface area (Å²) in [5.74, 6) is 1.48. The molecule has 1 heterocycles. The van der Waals surface area contributed by atoms with Crippen molar-refractivity contribution in [2.24, 2.45) is 0 Å². The molecule has 0 saturated heterocycles. The van der Waals surface area contributed by atoms with Crippen molar-refractivity contribution in [2.45, 2.75) is 26.6 Å². The normalized spacial score (nSPS) is 11.5. The fourth-order valence-electron chi connectivity index (χ4n) is 3.88. The van der Waals surface area contributed by atoms with Gasteiger partial charge in [0.1, 0.15) is 23.0 Å². The second-order valence-corrected chi connectivity index (χ2v) is 8.53. The first-order valence-electron chi connectivity index (χ1n) is 12.5. The zero-order valence-corrected chi connectivity index (χ0v) is 21.3. The molecule has 1 aromatic heterocycles. The van der Waals surface area contributed by atoms with Gasteiger partial charge in [-0.3, -0.25) is 0 Å². The van der Waals surface area contributed by atoms with Gasteiger partial charge in [0.25, 0.3) is 0 Å². The van der Waals surface area contributed by atoms with Crippen molar-refractivity contribution >= 4 is 0 Å². The van der Waals surface area contributed by atoms with Gasteiger partial charge < -0.3 is 23.7 Å². The van der Waals surface area contributed by atoms with Crippen LogP contribution in [0.3, 0.4) is 0 Å². The van der Waals surface area contributed by atoms with E-state index in [4.69, 9.17) is 9.47 Å². The minimum atomic E-state index is -4.73. The Bertz CT molecular complexity index is 1270. The van der Waals surface area contributed by atoms with Gasteiger partial charge in [-0.2, -0.15) is 0 Å². The Hall–Kier alpha value is -3.98. The molecule has 0 aliphatic carbocycles. The van der Waals surface area contributed by atoms with Crippen molar-refractivity contribution < 1.29 is 27.4 Å². The van der Waals surface area contributed by atoms with Gasteiger partial charge in [0.2, 0.25) is 0 Å². The lowest BCUT2D eigenvalue weighted by molar-refractivity contribution is -0.274. The van der Waals surface area contributed by atoms with Crippen molar-refractivity contribution in [3.63, 3.8) is 0 Å². The Kier molecular flexibility index (Phi) is 8.91. The highest BCUT2D eigenvalue weighted by Crippen LogP contribution is 2.28. The zero-order valence-electron chi connectivity index (χ0n) is 21.3. The molecule has 0 aliphatic rings. The quantitative estimate of drug-likeness (QED) is 0.181. The van der Waals surface area contributed by atoms with Gasteiger partial charge in [-0.25, -0.2) is 4.98 Å². The number of rotatable bonds is 12. The number of ether oxygens (including phenoxy) is 3. The van der Waals surface area contributed by atoms with Gasteiger partial charge in [-0.05, 0) is 92.3 Å². The predicted molar refractivity (Wildman–Crippen MR) is 140 cm³/mol. The molecule has 9 heteroatoms. The third-order valence-corrected chi connectivity index (χ3v) is 5.94. The number of halogens is 3. The number of aromatic nitrogens is 2. The van der Waals surface area contributed by atoms with Gasteiger partial charge in [0.15, 0.2) is 0 Å². The number of alkyl halides is 3. The lowest BCUT2D eigenvalue weighted by atomic mass is 10.1. The van der Waals surface area contributed by atoms with Crippen LogP contribution in [0.25, 0.3) is 16.9 Å². The first kappa shape index (κ1) is 27.1. The third kappa shape index (κ3) is 7.76. The molecule has 3 aromatic carbocycles. The monoisotopic (exact) mass is 525 g/mol. The predicted octanol–water partition coefficient (Wildman–Crippen LogP) is 7.34. The van der Waals surface area contributed by atoms with Crippen LogP contribution in [-0.4, -0.2) is 47.1 Å². The summed E-state index contributed by atoms with van der Waals surface area (Å²) < 4.78 is 54.3. The van der Waals surface area contributed by atoms with Crippen LogP contribution in [-0.2, 0) is 0 Å². The van der Waals surface area contributed by atoms with Crippen molar-refractivity contribution in [2.75, 3.05) is 26.2 Å². The molecule has 0 aliphatic heterocycles. The highest BCUT2D eigenvalue weighted by molar-refractivity contribution is 5.60. The Morgan fingerprint density at radius 1 is 0.789 bits per heavy atom. The fourth-order valence-corrected chi connectivity index (χ4v) is 3.88. The SMILES string of the molecule is CCN(CC)CCCOc1ccc(-c2cn(-c3ccc(Oc4ccc(OC(F)(F)F)cc4)cc3)cn2)cc1. The fraction of sp³-hybridized carbons (Fsp3) is 0.276. The van der Waals surface area contributed by atoms with E-state index in [0.717, 1.165) is 48.7 Å². The molecule has 38 heavy (non-hydrogen) atoms. The molecule has 6 nitrogen and oxygen atoms in total. The molecule has 4 rings (SSSR count). The summed E-state index contributed by atoms with van der Waals surface area (Å²) in [4.78, 5) is 6.90. The van der Waals surface area contributed by atoms with Crippen LogP contribution in [0.15, 0.2) is 85.3 Å². The number of hydrogen-bond donors (Lipinski definition) is 0. The Balaban J connectivity index is 1.31. The molecule has 0 spiro atoms. The molecule has 0 bridgehead atoms. The smallest absolute Gasteiger partial charge is 0.494 e. The number of hydrogen-bond acceptors (Lipinski definition) is 5. The summed E-state index contributed by atoms with van der Waals surface area (Å²) in [5.41, 5.74) is 2.70. The van der Waals surface area contributed by atoms with Gasteiger partial charge in [0.05, 0.1) is 18.6 Å². The van der Waals surface area contributed by atoms with Crippen LogP contribution in [0.4, 0.5) is 13.2 Å². The summed E-state index contributed by atoms with van der Waals surface area (Å²) in [6.45, 7) is 8.15. The standard InChI is InChI=1S/C29H30F3N3O3/c1-3-34(4-2)18-5-19-36-24-10-6-22(7-11-24)28-20-35(21-33-28)23-8-12-25(13-9-23)37-26-14-16-27(17-15-26)38-29(30,31)32/h6-17,20-21H,3-5,18-19H2,1-2H3. The van der Waals surface area contributed by atoms with Gasteiger partial charge >= 0.3 is 6.36 Å². The molecule has 0 unspecified atom stereocenters. The van der Waals surface area contributed by atoms with E-state index in [1.165, 1.54) is 24.3 Å². The molecule has 0 amide bonds. The topological polar surface area (TPSA) is 48.8 Å². The number of nitrogens with zero attached hydrogens (tertiary/aromatic N) is 3. The van der Waals surface area contributed by atoms with Crippen molar-refractivity contribution in [1.29, 1.82) is 0 Å². The minimum Gasteiger partial charge on any atom is -0.494 e. The summed E-state index contributed by atoms with van der Waals surface area (Å²) >= 11 is 0. The van der Waals surface area contributed by atoms with Crippen molar-refractivity contribution in [1.82, 2.24) is 14.5 Å². The van der Waals surface area contributed by atoms with Gasteiger partial charge in [-0.1, -0.05) is 13.8 Å². The summed E-state index contributed by atoms with van der Waals surface area (Å²) in [7, 11) is 0. The largest absolute Gasteiger partial charge is 0.573 e. The molecule has 0 fully saturated rings. The van der Waals surface area contributed by atoms with Gasteiger partial charge in [0, 0.05) is 24.0 Å². The summed E-state index contributed by atoms with van der Waals surface area (Å²) in [5, 5.41) is 0. The molecular formula is C29H30F3N3O3. The minimum absolute atomic E-state index is 0.302. The molecule has 0 saturated carbocycles. The van der Waals surface area contributed by atoms with E-state index in [0.29, 0.717) is 18.1 Å². The molecule has 0 atom stereocenters. The van der Waals surface area contributed by atoms with Crippen LogP contribution in [0, 0.1) is 0 Å². The molecule has 0 radical (unpaired) electrons. The van der Waals surface area contributed by atoms with E-state index in [2.05, 4.69) is 28.5 Å². The average Bonchev–Trinajstić information content (AvgIpc) is 3.40. The number of benzene rings is 3. The average molecular weight is 526 g/mol. The van der Waals surface area contributed by atoms with E-state index in [-0.39, 0.29) is 5.75 Å². The highest BCUT2D eigenvalue weighted by atomic mass is 19.4. The van der Waals surface area contributed by atoms with Crippen molar-refractivity contribution in [3.8, 4) is 39.9 Å². The maximum atomic E-state index is 12.3. The zero-order chi connectivity index (χ0) is 27.0. The van der Waals surface area contributed by atoms with E-state index in [1.807, 2.05) is 47.2 Å². The lowest BCUT2D eigenvalue weighted by Gasteiger charge is -2.17. The first-order valence-corrected chi connectivity index (χ1v) is 12.5. The third-order valence-electron chi connectivity index (χ3n) is 5.94. The van der Waals surface area contributed by atoms with E-state index in [9.17, 15) is 13.2 Å². The Morgan fingerprint density at radius 3 is 1.97 bits per heavy atom. The first-order chi connectivity index (χ1) is 18.3. The second-order valence-electron chi connectivity index (χ2n) is 8.53. The molecular weight excluding hydrogens is 495 g/mol. The molecule has 4 aromatic rings. The van der Waals surface area contributed by atoms with E-state index < -0.39 is 6.36 Å². The maximum absolute atomic E-state index is 12.3. The maximum Gasteiger partial charge on any atom is 0.573 e. The number of imidazole rings is 1. The summed E-state index contributed by atoms with van der Waals surface area (Å²) in [6, 6.07) is 20.4. The van der Waals surface area contributed by atoms with Crippen LogP contribution in [0.1, 0.15) is 20.3 Å². The van der Waals surface area contributed by atoms with Crippen LogP contribution in [0.2, 0.25) is 0 Å². The molecule has 0 N–H and O–H groups in total. The van der Waals surface area contributed by atoms with Crippen molar-refractivity contribution in [3.05, 3.63) is 85.3 Å². The van der Waals surface area contributed by atoms with E-state index in [1.54, 1.807) is 18.5 Å². The second kappa shape index (κ2) is 12.5.